The zero-order valence-corrected chi connectivity index (χ0v) is 7.90. The summed E-state index contributed by atoms with van der Waals surface area (Å²) in [6.45, 7) is 1.48. The van der Waals surface area contributed by atoms with Gasteiger partial charge < -0.3 is 10.5 Å². The summed E-state index contributed by atoms with van der Waals surface area (Å²) in [4.78, 5) is 0. The Kier molecular flexibility index (Phi) is 1.45. The van der Waals surface area contributed by atoms with Crippen LogP contribution in [0.5, 0.6) is 0 Å². The summed E-state index contributed by atoms with van der Waals surface area (Å²) >= 11 is 0. The van der Waals surface area contributed by atoms with Gasteiger partial charge in [-0.1, -0.05) is 0 Å². The van der Waals surface area contributed by atoms with Gasteiger partial charge in [0, 0.05) is 13.0 Å². The highest BCUT2D eigenvalue weighted by atomic mass is 19.1. The Morgan fingerprint density at radius 1 is 1.50 bits per heavy atom. The highest BCUT2D eigenvalue weighted by molar-refractivity contribution is 5.38. The molecule has 2 aliphatic rings. The Morgan fingerprint density at radius 2 is 2.14 bits per heavy atom. The third-order valence-electron chi connectivity index (χ3n) is 3.32. The van der Waals surface area contributed by atoms with Gasteiger partial charge in [0.15, 0.2) is 11.6 Å². The normalized spacial score (nSPS) is 34.6. The number of hydrogen-bond donors (Lipinski definition) is 1. The average molecular weight is 197 g/mol. The number of rotatable bonds is 1. The Balaban J connectivity index is 1.95. The van der Waals surface area contributed by atoms with E-state index in [1.165, 1.54) is 4.68 Å². The van der Waals surface area contributed by atoms with E-state index in [1.807, 2.05) is 0 Å². The van der Waals surface area contributed by atoms with Crippen LogP contribution in [0.2, 0.25) is 0 Å². The van der Waals surface area contributed by atoms with Gasteiger partial charge in [-0.2, -0.15) is 5.10 Å². The van der Waals surface area contributed by atoms with Crippen LogP contribution in [0.3, 0.4) is 0 Å². The number of nitrogens with zero attached hydrogens (tertiary/aromatic N) is 2. The second-order valence-corrected chi connectivity index (χ2v) is 4.10. The van der Waals surface area contributed by atoms with Gasteiger partial charge >= 0.3 is 0 Å². The minimum absolute atomic E-state index is 0.130. The third kappa shape index (κ3) is 0.877. The molecular formula is C9H12FN3O. The summed E-state index contributed by atoms with van der Waals surface area (Å²) < 4.78 is 20.2. The van der Waals surface area contributed by atoms with Crippen molar-refractivity contribution in [3.63, 3.8) is 0 Å². The van der Waals surface area contributed by atoms with Gasteiger partial charge in [-0.05, 0) is 11.8 Å². The van der Waals surface area contributed by atoms with Gasteiger partial charge in [-0.15, -0.1) is 0 Å². The number of aryl methyl sites for hydroxylation is 1. The Morgan fingerprint density at radius 3 is 2.64 bits per heavy atom. The summed E-state index contributed by atoms with van der Waals surface area (Å²) in [7, 11) is 1.66. The van der Waals surface area contributed by atoms with E-state index in [-0.39, 0.29) is 17.6 Å². The second kappa shape index (κ2) is 2.48. The van der Waals surface area contributed by atoms with Crippen molar-refractivity contribution in [2.75, 3.05) is 18.9 Å². The smallest absolute Gasteiger partial charge is 0.188 e. The molecular weight excluding hydrogens is 185 g/mol. The van der Waals surface area contributed by atoms with Crippen molar-refractivity contribution < 1.29 is 9.13 Å². The molecule has 0 amide bonds. The molecule has 1 aromatic rings. The number of aromatic nitrogens is 2. The standard InChI is InChI=1S/C9H12FN3O/c1-13-9(11)7(10)8(12-13)6-4-2-14-3-5(4)6/h4-6H,2-3,11H2,1H3. The van der Waals surface area contributed by atoms with Crippen molar-refractivity contribution >= 4 is 5.82 Å². The van der Waals surface area contributed by atoms with Crippen LogP contribution in [0.25, 0.3) is 0 Å². The number of ether oxygens (including phenoxy) is 1. The van der Waals surface area contributed by atoms with E-state index in [2.05, 4.69) is 5.10 Å². The van der Waals surface area contributed by atoms with Gasteiger partial charge in [0.25, 0.3) is 0 Å². The average Bonchev–Trinajstić information content (AvgIpc) is 2.55. The zero-order chi connectivity index (χ0) is 9.87. The summed E-state index contributed by atoms with van der Waals surface area (Å²) in [6.07, 6.45) is 0. The van der Waals surface area contributed by atoms with Crippen LogP contribution in [-0.4, -0.2) is 23.0 Å². The number of nitrogen functional groups attached to an aromatic ring is 1. The van der Waals surface area contributed by atoms with E-state index in [1.54, 1.807) is 7.05 Å². The van der Waals surface area contributed by atoms with Crippen molar-refractivity contribution in [1.29, 1.82) is 0 Å². The molecule has 3 rings (SSSR count). The molecule has 0 aromatic carbocycles. The fourth-order valence-electron chi connectivity index (χ4n) is 2.39. The predicted molar refractivity (Wildman–Crippen MR) is 48.1 cm³/mol. The van der Waals surface area contributed by atoms with E-state index in [4.69, 9.17) is 10.5 Å². The van der Waals surface area contributed by atoms with Crippen LogP contribution in [-0.2, 0) is 11.8 Å². The van der Waals surface area contributed by atoms with Gasteiger partial charge in [0.05, 0.1) is 13.2 Å². The Bertz CT molecular complexity index is 380. The molecule has 2 N–H and O–H groups in total. The first-order chi connectivity index (χ1) is 6.70. The molecule has 2 atom stereocenters. The van der Waals surface area contributed by atoms with Crippen LogP contribution < -0.4 is 5.73 Å². The van der Waals surface area contributed by atoms with Gasteiger partial charge in [0.1, 0.15) is 5.69 Å². The number of nitrogens with two attached hydrogens (primary N) is 1. The van der Waals surface area contributed by atoms with Gasteiger partial charge in [-0.3, -0.25) is 4.68 Å². The van der Waals surface area contributed by atoms with E-state index in [0.29, 0.717) is 17.5 Å². The molecule has 2 heterocycles. The highest BCUT2D eigenvalue weighted by Gasteiger charge is 2.57. The monoisotopic (exact) mass is 197 g/mol. The maximum absolute atomic E-state index is 13.6. The lowest BCUT2D eigenvalue weighted by atomic mass is 10.2. The van der Waals surface area contributed by atoms with Crippen LogP contribution >= 0.6 is 0 Å². The van der Waals surface area contributed by atoms with Crippen molar-refractivity contribution in [3.05, 3.63) is 11.5 Å². The lowest BCUT2D eigenvalue weighted by Crippen LogP contribution is -1.99. The number of anilines is 1. The van der Waals surface area contributed by atoms with Crippen LogP contribution in [0.1, 0.15) is 11.6 Å². The number of fused-ring (bicyclic) bond motifs is 1. The van der Waals surface area contributed by atoms with Crippen molar-refractivity contribution in [2.24, 2.45) is 18.9 Å². The second-order valence-electron chi connectivity index (χ2n) is 4.10. The first kappa shape index (κ1) is 8.23. The molecule has 76 valence electrons. The van der Waals surface area contributed by atoms with E-state index in [9.17, 15) is 4.39 Å². The molecule has 0 radical (unpaired) electrons. The molecule has 1 aliphatic heterocycles. The SMILES string of the molecule is Cn1nc(C2C3COCC32)c(F)c1N. The number of hydrogen-bond acceptors (Lipinski definition) is 3. The maximum atomic E-state index is 13.6. The molecule has 14 heavy (non-hydrogen) atoms. The van der Waals surface area contributed by atoms with Crippen molar-refractivity contribution in [3.8, 4) is 0 Å². The summed E-state index contributed by atoms with van der Waals surface area (Å²) in [5.41, 5.74) is 6.04. The fraction of sp³-hybridized carbons (Fsp3) is 0.667. The van der Waals surface area contributed by atoms with Gasteiger partial charge in [0.2, 0.25) is 0 Å². The first-order valence-electron chi connectivity index (χ1n) is 4.75. The Labute approximate surface area is 80.8 Å². The largest absolute Gasteiger partial charge is 0.381 e. The molecule has 5 heteroatoms. The quantitative estimate of drug-likeness (QED) is 0.713. The summed E-state index contributed by atoms with van der Waals surface area (Å²) in [5, 5.41) is 4.12. The zero-order valence-electron chi connectivity index (χ0n) is 7.90. The summed E-state index contributed by atoms with van der Waals surface area (Å²) in [5.74, 6) is 0.975. The molecule has 1 aliphatic carbocycles. The molecule has 0 bridgehead atoms. The van der Waals surface area contributed by atoms with Gasteiger partial charge in [-0.25, -0.2) is 4.39 Å². The molecule has 1 saturated carbocycles. The van der Waals surface area contributed by atoms with Crippen LogP contribution in [0.4, 0.5) is 10.2 Å². The number of halogens is 1. The molecule has 2 unspecified atom stereocenters. The maximum Gasteiger partial charge on any atom is 0.188 e. The molecule has 1 aromatic heterocycles. The van der Waals surface area contributed by atoms with Crippen LogP contribution in [0, 0.1) is 17.7 Å². The minimum atomic E-state index is -0.341. The van der Waals surface area contributed by atoms with E-state index < -0.39 is 0 Å². The fourth-order valence-corrected chi connectivity index (χ4v) is 2.39. The van der Waals surface area contributed by atoms with E-state index in [0.717, 1.165) is 13.2 Å². The predicted octanol–water partition coefficient (Wildman–Crippen LogP) is 0.501. The van der Waals surface area contributed by atoms with Crippen molar-refractivity contribution in [2.45, 2.75) is 5.92 Å². The van der Waals surface area contributed by atoms with Crippen molar-refractivity contribution in [1.82, 2.24) is 9.78 Å². The topological polar surface area (TPSA) is 53.1 Å². The molecule has 1 saturated heterocycles. The summed E-state index contributed by atoms with van der Waals surface area (Å²) in [6, 6.07) is 0. The first-order valence-corrected chi connectivity index (χ1v) is 4.75. The van der Waals surface area contributed by atoms with Crippen LogP contribution in [0.15, 0.2) is 0 Å². The van der Waals surface area contributed by atoms with E-state index >= 15 is 0 Å². The lowest BCUT2D eigenvalue weighted by Gasteiger charge is -1.99. The lowest BCUT2D eigenvalue weighted by molar-refractivity contribution is 0.159. The molecule has 0 spiro atoms. The molecule has 4 nitrogen and oxygen atoms in total. The minimum Gasteiger partial charge on any atom is -0.381 e. The highest BCUT2D eigenvalue weighted by Crippen LogP contribution is 2.57. The third-order valence-corrected chi connectivity index (χ3v) is 3.32. The molecule has 2 fully saturated rings. The Hall–Kier alpha value is -1.10.